The number of nitrogens with one attached hydrogen (secondary N) is 1. The van der Waals surface area contributed by atoms with Crippen LogP contribution in [0.25, 0.3) is 0 Å². The van der Waals surface area contributed by atoms with E-state index in [0.717, 1.165) is 11.1 Å². The molecule has 2 aromatic rings. The SMILES string of the molecule is CC(C)c1cc(C(=O)N(C)Cc2ccc(CCNC(C)(C)C(=O)O)cc2)c(O)cc1O. The van der Waals surface area contributed by atoms with Crippen molar-refractivity contribution in [1.82, 2.24) is 10.2 Å². The number of rotatable bonds is 9. The van der Waals surface area contributed by atoms with Gasteiger partial charge in [-0.15, -0.1) is 0 Å². The summed E-state index contributed by atoms with van der Waals surface area (Å²) in [6.07, 6.45) is 0.686. The van der Waals surface area contributed by atoms with E-state index in [1.165, 1.54) is 11.0 Å². The Morgan fingerprint density at radius 1 is 1.03 bits per heavy atom. The predicted molar refractivity (Wildman–Crippen MR) is 120 cm³/mol. The van der Waals surface area contributed by atoms with Crippen LogP contribution in [0.15, 0.2) is 36.4 Å². The number of carboxylic acid groups (broad SMARTS) is 1. The fraction of sp³-hybridized carbons (Fsp3) is 0.417. The van der Waals surface area contributed by atoms with Crippen molar-refractivity contribution in [3.05, 3.63) is 58.7 Å². The monoisotopic (exact) mass is 428 g/mol. The number of carbonyl (C=O) groups excluding carboxylic acids is 1. The quantitative estimate of drug-likeness (QED) is 0.487. The Morgan fingerprint density at radius 3 is 2.16 bits per heavy atom. The van der Waals surface area contributed by atoms with Crippen LogP contribution in [0.5, 0.6) is 11.5 Å². The lowest BCUT2D eigenvalue weighted by Gasteiger charge is -2.21. The molecule has 0 saturated heterocycles. The standard InChI is InChI=1S/C24H32N2O5/c1-15(2)18-12-19(21(28)13-20(18)27)22(29)26(5)14-17-8-6-16(7-9-17)10-11-25-24(3,4)23(30)31/h6-9,12-13,15,25,27-28H,10-11,14H2,1-5H3,(H,30,31). The van der Waals surface area contributed by atoms with Gasteiger partial charge in [0, 0.05) is 26.2 Å². The fourth-order valence-electron chi connectivity index (χ4n) is 3.19. The van der Waals surface area contributed by atoms with Gasteiger partial charge in [-0.2, -0.15) is 0 Å². The zero-order valence-electron chi connectivity index (χ0n) is 18.8. The van der Waals surface area contributed by atoms with Crippen LogP contribution in [-0.4, -0.2) is 51.2 Å². The molecule has 0 aromatic heterocycles. The number of phenolic OH excluding ortho intramolecular Hbond substituents is 2. The molecule has 0 aliphatic heterocycles. The van der Waals surface area contributed by atoms with E-state index in [-0.39, 0.29) is 28.9 Å². The van der Waals surface area contributed by atoms with E-state index in [4.69, 9.17) is 5.11 Å². The van der Waals surface area contributed by atoms with Gasteiger partial charge in [-0.25, -0.2) is 0 Å². The molecule has 31 heavy (non-hydrogen) atoms. The number of phenols is 2. The molecule has 0 heterocycles. The maximum Gasteiger partial charge on any atom is 0.323 e. The first kappa shape index (κ1) is 24.2. The van der Waals surface area contributed by atoms with Crippen molar-refractivity contribution in [2.24, 2.45) is 0 Å². The van der Waals surface area contributed by atoms with Gasteiger partial charge in [0.1, 0.15) is 17.0 Å². The molecule has 0 aliphatic carbocycles. The Kier molecular flexibility index (Phi) is 7.68. The van der Waals surface area contributed by atoms with Gasteiger partial charge in [0.15, 0.2) is 0 Å². The fourth-order valence-corrected chi connectivity index (χ4v) is 3.19. The van der Waals surface area contributed by atoms with Crippen LogP contribution in [0, 0.1) is 0 Å². The summed E-state index contributed by atoms with van der Waals surface area (Å²) in [7, 11) is 1.66. The highest BCUT2D eigenvalue weighted by molar-refractivity contribution is 5.97. The summed E-state index contributed by atoms with van der Waals surface area (Å²) >= 11 is 0. The number of aromatic hydroxyl groups is 2. The van der Waals surface area contributed by atoms with E-state index in [0.29, 0.717) is 25.1 Å². The molecule has 0 fully saturated rings. The van der Waals surface area contributed by atoms with Crippen LogP contribution < -0.4 is 5.32 Å². The van der Waals surface area contributed by atoms with Crippen LogP contribution in [0.3, 0.4) is 0 Å². The average molecular weight is 429 g/mol. The average Bonchev–Trinajstić information content (AvgIpc) is 2.68. The molecule has 168 valence electrons. The second-order valence-corrected chi connectivity index (χ2v) is 8.67. The van der Waals surface area contributed by atoms with Crippen molar-refractivity contribution in [1.29, 1.82) is 0 Å². The number of aliphatic carboxylic acids is 1. The third-order valence-electron chi connectivity index (χ3n) is 5.30. The van der Waals surface area contributed by atoms with Crippen molar-refractivity contribution in [2.45, 2.75) is 52.1 Å². The lowest BCUT2D eigenvalue weighted by atomic mass is 9.98. The Labute approximate surface area is 183 Å². The second-order valence-electron chi connectivity index (χ2n) is 8.67. The van der Waals surface area contributed by atoms with Crippen molar-refractivity contribution in [3.63, 3.8) is 0 Å². The molecule has 0 unspecified atom stereocenters. The second kappa shape index (κ2) is 9.83. The Hall–Kier alpha value is -3.06. The number of carboxylic acids is 1. The van der Waals surface area contributed by atoms with E-state index in [2.05, 4.69) is 5.32 Å². The normalized spacial score (nSPS) is 11.5. The van der Waals surface area contributed by atoms with Crippen molar-refractivity contribution in [3.8, 4) is 11.5 Å². The van der Waals surface area contributed by atoms with Crippen LogP contribution in [-0.2, 0) is 17.8 Å². The molecular formula is C24H32N2O5. The molecule has 7 heteroatoms. The molecule has 0 bridgehead atoms. The largest absolute Gasteiger partial charge is 0.508 e. The van der Waals surface area contributed by atoms with Gasteiger partial charge in [0.25, 0.3) is 5.91 Å². The van der Waals surface area contributed by atoms with Crippen molar-refractivity contribution >= 4 is 11.9 Å². The zero-order valence-corrected chi connectivity index (χ0v) is 18.8. The van der Waals surface area contributed by atoms with Crippen LogP contribution in [0.1, 0.15) is 60.7 Å². The van der Waals surface area contributed by atoms with Gasteiger partial charge in [-0.1, -0.05) is 38.1 Å². The lowest BCUT2D eigenvalue weighted by Crippen LogP contribution is -2.47. The first-order chi connectivity index (χ1) is 14.4. The summed E-state index contributed by atoms with van der Waals surface area (Å²) in [5.74, 6) is -1.48. The summed E-state index contributed by atoms with van der Waals surface area (Å²) in [6.45, 7) is 7.96. The molecular weight excluding hydrogens is 396 g/mol. The number of hydrogen-bond acceptors (Lipinski definition) is 5. The van der Waals surface area contributed by atoms with Gasteiger partial charge >= 0.3 is 5.97 Å². The molecule has 0 atom stereocenters. The minimum absolute atomic E-state index is 0.0144. The van der Waals surface area contributed by atoms with E-state index < -0.39 is 11.5 Å². The van der Waals surface area contributed by atoms with Gasteiger partial charge in [-0.3, -0.25) is 9.59 Å². The van der Waals surface area contributed by atoms with Gasteiger partial charge in [-0.05, 0) is 48.9 Å². The topological polar surface area (TPSA) is 110 Å². The zero-order chi connectivity index (χ0) is 23.3. The van der Waals surface area contributed by atoms with Gasteiger partial charge < -0.3 is 25.5 Å². The van der Waals surface area contributed by atoms with E-state index in [1.807, 2.05) is 38.1 Å². The first-order valence-electron chi connectivity index (χ1n) is 10.3. The molecule has 0 saturated carbocycles. The predicted octanol–water partition coefficient (Wildman–Crippen LogP) is 3.49. The lowest BCUT2D eigenvalue weighted by molar-refractivity contribution is -0.143. The molecule has 0 spiro atoms. The van der Waals surface area contributed by atoms with E-state index >= 15 is 0 Å². The summed E-state index contributed by atoms with van der Waals surface area (Å²) in [5.41, 5.74) is 1.79. The molecule has 4 N–H and O–H groups in total. The van der Waals surface area contributed by atoms with Crippen LogP contribution >= 0.6 is 0 Å². The summed E-state index contributed by atoms with van der Waals surface area (Å²) < 4.78 is 0. The smallest absolute Gasteiger partial charge is 0.323 e. The minimum atomic E-state index is -0.974. The van der Waals surface area contributed by atoms with Crippen LogP contribution in [0.2, 0.25) is 0 Å². The third kappa shape index (κ3) is 6.21. The molecule has 0 radical (unpaired) electrons. The highest BCUT2D eigenvalue weighted by atomic mass is 16.4. The number of carbonyl (C=O) groups is 2. The number of amides is 1. The third-order valence-corrected chi connectivity index (χ3v) is 5.30. The molecule has 2 aromatic carbocycles. The summed E-state index contributed by atoms with van der Waals surface area (Å²) in [4.78, 5) is 25.5. The van der Waals surface area contributed by atoms with E-state index in [1.54, 1.807) is 27.0 Å². The number of hydrogen-bond donors (Lipinski definition) is 4. The molecule has 2 rings (SSSR count). The number of nitrogens with zero attached hydrogens (tertiary/aromatic N) is 1. The first-order valence-corrected chi connectivity index (χ1v) is 10.3. The van der Waals surface area contributed by atoms with Crippen molar-refractivity contribution < 1.29 is 24.9 Å². The maximum atomic E-state index is 12.8. The van der Waals surface area contributed by atoms with E-state index in [9.17, 15) is 19.8 Å². The van der Waals surface area contributed by atoms with Gasteiger partial charge in [0.2, 0.25) is 0 Å². The highest BCUT2D eigenvalue weighted by Gasteiger charge is 2.25. The van der Waals surface area contributed by atoms with Crippen LogP contribution in [0.4, 0.5) is 0 Å². The molecule has 7 nitrogen and oxygen atoms in total. The van der Waals surface area contributed by atoms with Crippen molar-refractivity contribution in [2.75, 3.05) is 13.6 Å². The Balaban J connectivity index is 2.01. The minimum Gasteiger partial charge on any atom is -0.508 e. The summed E-state index contributed by atoms with van der Waals surface area (Å²) in [5, 5.41) is 32.3. The number of benzene rings is 2. The Morgan fingerprint density at radius 2 is 1.61 bits per heavy atom. The maximum absolute atomic E-state index is 12.8. The highest BCUT2D eigenvalue weighted by Crippen LogP contribution is 2.32. The van der Waals surface area contributed by atoms with Gasteiger partial charge in [0.05, 0.1) is 5.56 Å². The molecule has 0 aliphatic rings. The summed E-state index contributed by atoms with van der Waals surface area (Å²) in [6, 6.07) is 10.5. The molecule has 1 amide bonds. The Bertz CT molecular complexity index is 936.